The molecule has 0 saturated heterocycles. The number of aromatic nitrogens is 2. The van der Waals surface area contributed by atoms with E-state index < -0.39 is 0 Å². The quantitative estimate of drug-likeness (QED) is 0.843. The number of nitrogens with two attached hydrogens (primary N) is 1. The SMILES string of the molecule is CN(CCc1cnccn1)CC(C)(C)N.Cl. The van der Waals surface area contributed by atoms with Crippen LogP contribution in [0.2, 0.25) is 0 Å². The van der Waals surface area contributed by atoms with E-state index in [-0.39, 0.29) is 17.9 Å². The van der Waals surface area contributed by atoms with Crippen LogP contribution in [0, 0.1) is 0 Å². The molecule has 4 nitrogen and oxygen atoms in total. The van der Waals surface area contributed by atoms with E-state index in [1.165, 1.54) is 0 Å². The van der Waals surface area contributed by atoms with Crippen molar-refractivity contribution < 1.29 is 0 Å². The molecule has 0 aliphatic rings. The fraction of sp³-hybridized carbons (Fsp3) is 0.636. The third-order valence-electron chi connectivity index (χ3n) is 2.04. The van der Waals surface area contributed by atoms with Crippen LogP contribution in [-0.2, 0) is 6.42 Å². The Labute approximate surface area is 104 Å². The molecule has 0 amide bonds. The first-order valence-corrected chi connectivity index (χ1v) is 5.20. The molecule has 92 valence electrons. The van der Waals surface area contributed by atoms with Gasteiger partial charge in [0.25, 0.3) is 0 Å². The molecule has 2 N–H and O–H groups in total. The van der Waals surface area contributed by atoms with Gasteiger partial charge in [0.05, 0.1) is 5.69 Å². The highest BCUT2D eigenvalue weighted by Gasteiger charge is 2.13. The first-order chi connectivity index (χ1) is 6.97. The van der Waals surface area contributed by atoms with Crippen LogP contribution < -0.4 is 5.73 Å². The van der Waals surface area contributed by atoms with Gasteiger partial charge in [-0.1, -0.05) is 0 Å². The number of halogens is 1. The minimum Gasteiger partial charge on any atom is -0.324 e. The van der Waals surface area contributed by atoms with E-state index in [9.17, 15) is 0 Å². The van der Waals surface area contributed by atoms with Gasteiger partial charge in [-0.05, 0) is 20.9 Å². The Balaban J connectivity index is 0.00000225. The summed E-state index contributed by atoms with van der Waals surface area (Å²) in [4.78, 5) is 10.5. The Kier molecular flexibility index (Phi) is 6.48. The van der Waals surface area contributed by atoms with Crippen LogP contribution in [-0.4, -0.2) is 40.5 Å². The largest absolute Gasteiger partial charge is 0.324 e. The lowest BCUT2D eigenvalue weighted by atomic mass is 10.1. The first-order valence-electron chi connectivity index (χ1n) is 5.20. The molecule has 0 bridgehead atoms. The molecule has 1 rings (SSSR count). The van der Waals surface area contributed by atoms with Crippen molar-refractivity contribution in [1.29, 1.82) is 0 Å². The molecule has 0 spiro atoms. The minimum absolute atomic E-state index is 0. The summed E-state index contributed by atoms with van der Waals surface area (Å²) in [6, 6.07) is 0. The second-order valence-electron chi connectivity index (χ2n) is 4.67. The summed E-state index contributed by atoms with van der Waals surface area (Å²) in [5.41, 5.74) is 6.82. The molecule has 0 aromatic carbocycles. The van der Waals surface area contributed by atoms with Gasteiger partial charge in [-0.25, -0.2) is 0 Å². The molecular weight excluding hydrogens is 224 g/mol. The van der Waals surface area contributed by atoms with Crippen molar-refractivity contribution in [3.05, 3.63) is 24.3 Å². The molecule has 0 saturated carbocycles. The molecule has 5 heteroatoms. The lowest BCUT2D eigenvalue weighted by molar-refractivity contribution is 0.272. The summed E-state index contributed by atoms with van der Waals surface area (Å²) in [6.07, 6.45) is 6.14. The topological polar surface area (TPSA) is 55.0 Å². The van der Waals surface area contributed by atoms with Gasteiger partial charge in [0, 0.05) is 43.6 Å². The summed E-state index contributed by atoms with van der Waals surface area (Å²) in [5.74, 6) is 0. The van der Waals surface area contributed by atoms with Crippen molar-refractivity contribution >= 4 is 12.4 Å². The minimum atomic E-state index is -0.142. The van der Waals surface area contributed by atoms with Crippen molar-refractivity contribution in [2.24, 2.45) is 5.73 Å². The fourth-order valence-electron chi connectivity index (χ4n) is 1.54. The molecule has 0 aliphatic heterocycles. The molecule has 0 fully saturated rings. The van der Waals surface area contributed by atoms with E-state index in [1.807, 2.05) is 13.8 Å². The second kappa shape index (κ2) is 6.78. The molecule has 0 aliphatic carbocycles. The Hall–Kier alpha value is -0.710. The summed E-state index contributed by atoms with van der Waals surface area (Å²) in [5, 5.41) is 0. The molecular formula is C11H21ClN4. The maximum Gasteiger partial charge on any atom is 0.0599 e. The predicted molar refractivity (Wildman–Crippen MR) is 68.7 cm³/mol. The Morgan fingerprint density at radius 3 is 2.56 bits per heavy atom. The standard InChI is InChI=1S/C11H20N4.ClH/c1-11(2,12)9-15(3)7-4-10-8-13-5-6-14-10;/h5-6,8H,4,7,9,12H2,1-3H3;1H. The van der Waals surface area contributed by atoms with Gasteiger partial charge < -0.3 is 10.6 Å². The number of hydrogen-bond donors (Lipinski definition) is 1. The maximum atomic E-state index is 5.94. The normalized spacial score (nSPS) is 11.3. The highest BCUT2D eigenvalue weighted by atomic mass is 35.5. The summed E-state index contributed by atoms with van der Waals surface area (Å²) in [7, 11) is 2.07. The monoisotopic (exact) mass is 244 g/mol. The van der Waals surface area contributed by atoms with Gasteiger partial charge >= 0.3 is 0 Å². The Morgan fingerprint density at radius 2 is 2.06 bits per heavy atom. The highest BCUT2D eigenvalue weighted by molar-refractivity contribution is 5.85. The van der Waals surface area contributed by atoms with Gasteiger partial charge in [0.15, 0.2) is 0 Å². The third-order valence-corrected chi connectivity index (χ3v) is 2.04. The molecule has 0 atom stereocenters. The summed E-state index contributed by atoms with van der Waals surface area (Å²) >= 11 is 0. The second-order valence-corrected chi connectivity index (χ2v) is 4.67. The number of rotatable bonds is 5. The van der Waals surface area contributed by atoms with E-state index in [0.29, 0.717) is 0 Å². The molecule has 1 heterocycles. The van der Waals surface area contributed by atoms with Gasteiger partial charge in [-0.2, -0.15) is 0 Å². The number of nitrogens with zero attached hydrogens (tertiary/aromatic N) is 3. The Morgan fingerprint density at radius 1 is 1.38 bits per heavy atom. The average Bonchev–Trinajstić information content (AvgIpc) is 2.14. The van der Waals surface area contributed by atoms with Crippen LogP contribution >= 0.6 is 12.4 Å². The number of hydrogen-bond acceptors (Lipinski definition) is 4. The third kappa shape index (κ3) is 6.71. The van der Waals surface area contributed by atoms with Gasteiger partial charge in [0.1, 0.15) is 0 Å². The molecule has 1 aromatic heterocycles. The average molecular weight is 245 g/mol. The van der Waals surface area contributed by atoms with E-state index in [1.54, 1.807) is 18.6 Å². The maximum absolute atomic E-state index is 5.94. The van der Waals surface area contributed by atoms with Crippen molar-refractivity contribution in [1.82, 2.24) is 14.9 Å². The van der Waals surface area contributed by atoms with Gasteiger partial charge in [0.2, 0.25) is 0 Å². The van der Waals surface area contributed by atoms with Crippen LogP contribution in [0.5, 0.6) is 0 Å². The Bertz CT molecular complexity index is 284. The van der Waals surface area contributed by atoms with Gasteiger partial charge in [-0.15, -0.1) is 12.4 Å². The van der Waals surface area contributed by atoms with Gasteiger partial charge in [-0.3, -0.25) is 9.97 Å². The van der Waals surface area contributed by atoms with Crippen LogP contribution in [0.15, 0.2) is 18.6 Å². The van der Waals surface area contributed by atoms with Crippen molar-refractivity contribution in [2.75, 3.05) is 20.1 Å². The first kappa shape index (κ1) is 15.3. The zero-order chi connectivity index (χ0) is 11.3. The van der Waals surface area contributed by atoms with E-state index in [2.05, 4.69) is 21.9 Å². The lowest BCUT2D eigenvalue weighted by Crippen LogP contribution is -2.44. The highest BCUT2D eigenvalue weighted by Crippen LogP contribution is 2.01. The molecule has 0 radical (unpaired) electrons. The smallest absolute Gasteiger partial charge is 0.0599 e. The van der Waals surface area contributed by atoms with Crippen LogP contribution in [0.25, 0.3) is 0 Å². The van der Waals surface area contributed by atoms with E-state index in [4.69, 9.17) is 5.73 Å². The molecule has 1 aromatic rings. The van der Waals surface area contributed by atoms with Crippen LogP contribution in [0.1, 0.15) is 19.5 Å². The fourth-order valence-corrected chi connectivity index (χ4v) is 1.54. The number of likely N-dealkylation sites (N-methyl/N-ethyl adjacent to an activating group) is 1. The lowest BCUT2D eigenvalue weighted by Gasteiger charge is -2.26. The molecule has 16 heavy (non-hydrogen) atoms. The zero-order valence-electron chi connectivity index (χ0n) is 10.2. The van der Waals surface area contributed by atoms with E-state index >= 15 is 0 Å². The van der Waals surface area contributed by atoms with E-state index in [0.717, 1.165) is 25.2 Å². The van der Waals surface area contributed by atoms with Crippen molar-refractivity contribution in [3.8, 4) is 0 Å². The predicted octanol–water partition coefficient (Wildman–Crippen LogP) is 1.11. The van der Waals surface area contributed by atoms with Crippen molar-refractivity contribution in [3.63, 3.8) is 0 Å². The van der Waals surface area contributed by atoms with Crippen LogP contribution in [0.3, 0.4) is 0 Å². The zero-order valence-corrected chi connectivity index (χ0v) is 11.0. The summed E-state index contributed by atoms with van der Waals surface area (Å²) in [6.45, 7) is 5.91. The van der Waals surface area contributed by atoms with Crippen LogP contribution in [0.4, 0.5) is 0 Å². The summed E-state index contributed by atoms with van der Waals surface area (Å²) < 4.78 is 0. The van der Waals surface area contributed by atoms with Crippen molar-refractivity contribution in [2.45, 2.75) is 25.8 Å². The molecule has 0 unspecified atom stereocenters.